The fourth-order valence-corrected chi connectivity index (χ4v) is 3.66. The highest BCUT2D eigenvalue weighted by Crippen LogP contribution is 2.24. The number of hydrogen-bond acceptors (Lipinski definition) is 4. The molecule has 3 heterocycles. The quantitative estimate of drug-likeness (QED) is 0.609. The Hall–Kier alpha value is -2.58. The van der Waals surface area contributed by atoms with Crippen LogP contribution in [0.4, 0.5) is 13.2 Å². The van der Waals surface area contributed by atoms with Crippen molar-refractivity contribution in [2.45, 2.75) is 38.5 Å². The highest BCUT2D eigenvalue weighted by Gasteiger charge is 2.31. The summed E-state index contributed by atoms with van der Waals surface area (Å²) in [5.41, 5.74) is 1.72. The molecule has 0 spiro atoms. The molecule has 3 aromatic rings. The zero-order valence-corrected chi connectivity index (χ0v) is 15.8. The lowest BCUT2D eigenvalue weighted by atomic mass is 10.1. The van der Waals surface area contributed by atoms with Gasteiger partial charge in [0.05, 0.1) is 31.0 Å². The first-order chi connectivity index (χ1) is 14.0. The first kappa shape index (κ1) is 19.7. The Kier molecular flexibility index (Phi) is 5.73. The van der Waals surface area contributed by atoms with Crippen LogP contribution in [0.15, 0.2) is 54.9 Å². The van der Waals surface area contributed by atoms with Gasteiger partial charge in [-0.3, -0.25) is 4.90 Å². The topological polar surface area (TPSA) is 39.0 Å². The van der Waals surface area contributed by atoms with Gasteiger partial charge in [-0.2, -0.15) is 0 Å². The predicted molar refractivity (Wildman–Crippen MR) is 101 cm³/mol. The van der Waals surface area contributed by atoms with Gasteiger partial charge in [0.15, 0.2) is 0 Å². The standard InChI is InChI=1S/C21H22F3N3O2/c22-21(23,24)29-18-7-3-5-16(11-18)15-28-19-8-4-9-26(13-19)14-20-25-12-17-6-1-2-10-27(17)20/h1-3,5-7,10-12,19H,4,8-9,13-15H2/t19-/m0/s1. The van der Waals surface area contributed by atoms with E-state index in [0.717, 1.165) is 43.8 Å². The Morgan fingerprint density at radius 3 is 2.90 bits per heavy atom. The maximum absolute atomic E-state index is 12.4. The number of likely N-dealkylation sites (tertiary alicyclic amines) is 1. The monoisotopic (exact) mass is 405 g/mol. The molecular formula is C21H22F3N3O2. The SMILES string of the molecule is FC(F)(F)Oc1cccc(CO[C@H]2CCCN(Cc3ncc4ccccn34)C2)c1. The van der Waals surface area contributed by atoms with E-state index in [4.69, 9.17) is 4.74 Å². The Morgan fingerprint density at radius 2 is 2.03 bits per heavy atom. The van der Waals surface area contributed by atoms with Crippen LogP contribution >= 0.6 is 0 Å². The van der Waals surface area contributed by atoms with Crippen molar-refractivity contribution < 1.29 is 22.6 Å². The number of piperidine rings is 1. The molecule has 0 aliphatic carbocycles. The number of ether oxygens (including phenoxy) is 2. The van der Waals surface area contributed by atoms with Gasteiger partial charge < -0.3 is 13.9 Å². The normalized spacial score (nSPS) is 18.2. The molecule has 0 radical (unpaired) electrons. The summed E-state index contributed by atoms with van der Waals surface area (Å²) >= 11 is 0. The van der Waals surface area contributed by atoms with Gasteiger partial charge in [-0.15, -0.1) is 13.2 Å². The number of nitrogens with zero attached hydrogens (tertiary/aromatic N) is 3. The average molecular weight is 405 g/mol. The van der Waals surface area contributed by atoms with E-state index in [-0.39, 0.29) is 18.5 Å². The van der Waals surface area contributed by atoms with E-state index < -0.39 is 6.36 Å². The maximum atomic E-state index is 12.4. The summed E-state index contributed by atoms with van der Waals surface area (Å²) in [6.45, 7) is 2.71. The lowest BCUT2D eigenvalue weighted by Gasteiger charge is -2.32. The van der Waals surface area contributed by atoms with E-state index >= 15 is 0 Å². The number of fused-ring (bicyclic) bond motifs is 1. The van der Waals surface area contributed by atoms with Crippen LogP contribution < -0.4 is 4.74 Å². The summed E-state index contributed by atoms with van der Waals surface area (Å²) < 4.78 is 49.2. The van der Waals surface area contributed by atoms with Gasteiger partial charge in [-0.05, 0) is 49.2 Å². The van der Waals surface area contributed by atoms with Gasteiger partial charge in [0.25, 0.3) is 0 Å². The molecule has 4 rings (SSSR count). The molecule has 154 valence electrons. The molecule has 8 heteroatoms. The maximum Gasteiger partial charge on any atom is 0.573 e. The summed E-state index contributed by atoms with van der Waals surface area (Å²) in [5, 5.41) is 0. The highest BCUT2D eigenvalue weighted by molar-refractivity contribution is 5.45. The van der Waals surface area contributed by atoms with Crippen molar-refractivity contribution in [3.05, 3.63) is 66.2 Å². The molecule has 1 aliphatic rings. The molecule has 1 fully saturated rings. The Balaban J connectivity index is 1.33. The third kappa shape index (κ3) is 5.27. The molecule has 29 heavy (non-hydrogen) atoms. The van der Waals surface area contributed by atoms with Gasteiger partial charge in [0, 0.05) is 12.7 Å². The number of pyridine rings is 1. The van der Waals surface area contributed by atoms with Crippen molar-refractivity contribution in [1.82, 2.24) is 14.3 Å². The van der Waals surface area contributed by atoms with Crippen molar-refractivity contribution in [2.24, 2.45) is 0 Å². The third-order valence-corrected chi connectivity index (χ3v) is 4.96. The minimum absolute atomic E-state index is 0.0298. The average Bonchev–Trinajstić information content (AvgIpc) is 3.09. The van der Waals surface area contributed by atoms with Crippen molar-refractivity contribution in [1.29, 1.82) is 0 Å². The summed E-state index contributed by atoms with van der Waals surface area (Å²) in [5.74, 6) is 0.758. The smallest absolute Gasteiger partial charge is 0.406 e. The van der Waals surface area contributed by atoms with E-state index in [9.17, 15) is 13.2 Å². The van der Waals surface area contributed by atoms with E-state index in [0.29, 0.717) is 5.56 Å². The van der Waals surface area contributed by atoms with Gasteiger partial charge in [0.2, 0.25) is 0 Å². The largest absolute Gasteiger partial charge is 0.573 e. The molecular weight excluding hydrogens is 383 g/mol. The Morgan fingerprint density at radius 1 is 1.14 bits per heavy atom. The number of benzene rings is 1. The minimum Gasteiger partial charge on any atom is -0.406 e. The number of alkyl halides is 3. The number of aromatic nitrogens is 2. The van der Waals surface area contributed by atoms with Crippen LogP contribution in [0.3, 0.4) is 0 Å². The van der Waals surface area contributed by atoms with E-state index in [1.54, 1.807) is 6.07 Å². The fourth-order valence-electron chi connectivity index (χ4n) is 3.66. The first-order valence-corrected chi connectivity index (χ1v) is 9.56. The summed E-state index contributed by atoms with van der Waals surface area (Å²) in [4.78, 5) is 6.83. The molecule has 0 saturated carbocycles. The predicted octanol–water partition coefficient (Wildman–Crippen LogP) is 4.41. The van der Waals surface area contributed by atoms with Crippen LogP contribution in [0.25, 0.3) is 5.52 Å². The fraction of sp³-hybridized carbons (Fsp3) is 0.381. The number of halogens is 3. The molecule has 5 nitrogen and oxygen atoms in total. The van der Waals surface area contributed by atoms with Crippen LogP contribution in [0.5, 0.6) is 5.75 Å². The second kappa shape index (κ2) is 8.42. The van der Waals surface area contributed by atoms with E-state index in [1.165, 1.54) is 18.2 Å². The molecule has 2 aromatic heterocycles. The van der Waals surface area contributed by atoms with E-state index in [1.807, 2.05) is 30.6 Å². The molecule has 1 aromatic carbocycles. The van der Waals surface area contributed by atoms with Gasteiger partial charge in [-0.1, -0.05) is 18.2 Å². The first-order valence-electron chi connectivity index (χ1n) is 9.56. The van der Waals surface area contributed by atoms with Crippen molar-refractivity contribution in [3.63, 3.8) is 0 Å². The van der Waals surface area contributed by atoms with Crippen molar-refractivity contribution >= 4 is 5.52 Å². The molecule has 0 N–H and O–H groups in total. The second-order valence-electron chi connectivity index (χ2n) is 7.18. The van der Waals surface area contributed by atoms with Crippen LogP contribution in [0, 0.1) is 0 Å². The second-order valence-corrected chi connectivity index (χ2v) is 7.18. The van der Waals surface area contributed by atoms with Gasteiger partial charge >= 0.3 is 6.36 Å². The molecule has 0 bridgehead atoms. The zero-order valence-electron chi connectivity index (χ0n) is 15.8. The summed E-state index contributed by atoms with van der Waals surface area (Å²) in [6.07, 6.45) is 1.14. The molecule has 0 amide bonds. The van der Waals surface area contributed by atoms with Crippen molar-refractivity contribution in [3.8, 4) is 5.75 Å². The highest BCUT2D eigenvalue weighted by atomic mass is 19.4. The van der Waals surface area contributed by atoms with Gasteiger partial charge in [-0.25, -0.2) is 4.98 Å². The molecule has 1 saturated heterocycles. The van der Waals surface area contributed by atoms with Crippen LogP contribution in [-0.4, -0.2) is 39.8 Å². The third-order valence-electron chi connectivity index (χ3n) is 4.96. The Bertz CT molecular complexity index is 957. The lowest BCUT2D eigenvalue weighted by Crippen LogP contribution is -2.39. The summed E-state index contributed by atoms with van der Waals surface area (Å²) in [6, 6.07) is 11.9. The van der Waals surface area contributed by atoms with Gasteiger partial charge in [0.1, 0.15) is 11.6 Å². The number of hydrogen-bond donors (Lipinski definition) is 0. The zero-order chi connectivity index (χ0) is 20.3. The van der Waals surface area contributed by atoms with Crippen LogP contribution in [0.1, 0.15) is 24.2 Å². The molecule has 0 unspecified atom stereocenters. The van der Waals surface area contributed by atoms with Crippen LogP contribution in [0.2, 0.25) is 0 Å². The summed E-state index contributed by atoms with van der Waals surface area (Å²) in [7, 11) is 0. The van der Waals surface area contributed by atoms with Crippen molar-refractivity contribution in [2.75, 3.05) is 13.1 Å². The molecule has 1 atom stereocenters. The number of imidazole rings is 1. The molecule has 1 aliphatic heterocycles. The van der Waals surface area contributed by atoms with E-state index in [2.05, 4.69) is 19.0 Å². The lowest BCUT2D eigenvalue weighted by molar-refractivity contribution is -0.274. The Labute approximate surface area is 166 Å². The van der Waals surface area contributed by atoms with Crippen LogP contribution in [-0.2, 0) is 17.9 Å². The minimum atomic E-state index is -4.69. The number of rotatable bonds is 6.